The number of hydrogen-bond donors (Lipinski definition) is 1. The maximum absolute atomic E-state index is 3.61. The SMILES string of the molecule is CCNC1CCCN(C2CCCSC2)C1. The molecule has 2 aliphatic rings. The number of likely N-dealkylation sites (N-methyl/N-ethyl adjacent to an activating group) is 1. The molecule has 0 amide bonds. The van der Waals surface area contributed by atoms with Crippen LogP contribution in [-0.2, 0) is 0 Å². The van der Waals surface area contributed by atoms with E-state index >= 15 is 0 Å². The Hall–Kier alpha value is 0.270. The van der Waals surface area contributed by atoms with E-state index in [-0.39, 0.29) is 0 Å². The van der Waals surface area contributed by atoms with Crippen LogP contribution >= 0.6 is 11.8 Å². The van der Waals surface area contributed by atoms with E-state index in [9.17, 15) is 0 Å². The zero-order chi connectivity index (χ0) is 10.5. The first kappa shape index (κ1) is 11.7. The summed E-state index contributed by atoms with van der Waals surface area (Å²) in [5.74, 6) is 2.76. The van der Waals surface area contributed by atoms with Crippen molar-refractivity contribution >= 4 is 11.8 Å². The van der Waals surface area contributed by atoms with Crippen molar-refractivity contribution in [2.45, 2.75) is 44.7 Å². The van der Waals surface area contributed by atoms with Gasteiger partial charge in [0.25, 0.3) is 0 Å². The molecule has 2 fully saturated rings. The molecule has 2 unspecified atom stereocenters. The number of likely N-dealkylation sites (tertiary alicyclic amines) is 1. The second-order valence-electron chi connectivity index (χ2n) is 4.76. The number of piperidine rings is 1. The van der Waals surface area contributed by atoms with Crippen molar-refractivity contribution in [3.8, 4) is 0 Å². The van der Waals surface area contributed by atoms with Crippen molar-refractivity contribution < 1.29 is 0 Å². The highest BCUT2D eigenvalue weighted by atomic mass is 32.2. The summed E-state index contributed by atoms with van der Waals surface area (Å²) in [5.41, 5.74) is 0. The average molecular weight is 228 g/mol. The molecule has 2 rings (SSSR count). The number of rotatable bonds is 3. The first-order valence-corrected chi connectivity index (χ1v) is 7.61. The van der Waals surface area contributed by atoms with E-state index in [1.54, 1.807) is 0 Å². The topological polar surface area (TPSA) is 15.3 Å². The normalized spacial score (nSPS) is 34.2. The van der Waals surface area contributed by atoms with E-state index in [4.69, 9.17) is 0 Å². The Morgan fingerprint density at radius 3 is 3.00 bits per heavy atom. The second-order valence-corrected chi connectivity index (χ2v) is 5.91. The lowest BCUT2D eigenvalue weighted by Gasteiger charge is -2.40. The molecule has 0 aromatic rings. The molecule has 0 bridgehead atoms. The van der Waals surface area contributed by atoms with E-state index in [1.165, 1.54) is 50.3 Å². The van der Waals surface area contributed by atoms with Gasteiger partial charge in [0.15, 0.2) is 0 Å². The van der Waals surface area contributed by atoms with Gasteiger partial charge in [0.05, 0.1) is 0 Å². The lowest BCUT2D eigenvalue weighted by molar-refractivity contribution is 0.141. The number of thioether (sulfide) groups is 1. The molecular formula is C12H24N2S. The second kappa shape index (κ2) is 6.12. The summed E-state index contributed by atoms with van der Waals surface area (Å²) >= 11 is 2.15. The average Bonchev–Trinajstić information content (AvgIpc) is 2.31. The minimum atomic E-state index is 0.760. The maximum Gasteiger partial charge on any atom is 0.0195 e. The smallest absolute Gasteiger partial charge is 0.0195 e. The molecule has 0 aromatic carbocycles. The third-order valence-electron chi connectivity index (χ3n) is 3.60. The molecule has 0 aromatic heterocycles. The molecular weight excluding hydrogens is 204 g/mol. The number of nitrogens with one attached hydrogen (secondary N) is 1. The summed E-state index contributed by atoms with van der Waals surface area (Å²) < 4.78 is 0. The van der Waals surface area contributed by atoms with Gasteiger partial charge >= 0.3 is 0 Å². The summed E-state index contributed by atoms with van der Waals surface area (Å²) in [4.78, 5) is 2.74. The zero-order valence-corrected chi connectivity index (χ0v) is 10.7. The van der Waals surface area contributed by atoms with Crippen LogP contribution < -0.4 is 5.32 Å². The van der Waals surface area contributed by atoms with Crippen molar-refractivity contribution in [3.05, 3.63) is 0 Å². The Labute approximate surface area is 98.2 Å². The summed E-state index contributed by atoms with van der Waals surface area (Å²) in [5, 5.41) is 3.61. The van der Waals surface area contributed by atoms with Crippen molar-refractivity contribution in [2.75, 3.05) is 31.1 Å². The monoisotopic (exact) mass is 228 g/mol. The van der Waals surface area contributed by atoms with Crippen LogP contribution in [0.25, 0.3) is 0 Å². The molecule has 2 saturated heterocycles. The van der Waals surface area contributed by atoms with Gasteiger partial charge in [-0.2, -0.15) is 11.8 Å². The lowest BCUT2D eigenvalue weighted by atomic mass is 10.0. The molecule has 3 heteroatoms. The quantitative estimate of drug-likeness (QED) is 0.795. The van der Waals surface area contributed by atoms with Gasteiger partial charge in [-0.15, -0.1) is 0 Å². The Balaban J connectivity index is 1.80. The van der Waals surface area contributed by atoms with Gasteiger partial charge in [-0.1, -0.05) is 6.92 Å². The summed E-state index contributed by atoms with van der Waals surface area (Å²) in [6, 6.07) is 1.64. The van der Waals surface area contributed by atoms with Gasteiger partial charge < -0.3 is 5.32 Å². The lowest BCUT2D eigenvalue weighted by Crippen LogP contribution is -2.50. The molecule has 2 atom stereocenters. The van der Waals surface area contributed by atoms with Crippen LogP contribution in [0.15, 0.2) is 0 Å². The van der Waals surface area contributed by atoms with Crippen molar-refractivity contribution in [1.29, 1.82) is 0 Å². The number of nitrogens with zero attached hydrogens (tertiary/aromatic N) is 1. The fourth-order valence-electron chi connectivity index (χ4n) is 2.81. The van der Waals surface area contributed by atoms with Crippen molar-refractivity contribution in [1.82, 2.24) is 10.2 Å². The molecule has 2 heterocycles. The fourth-order valence-corrected chi connectivity index (χ4v) is 3.99. The van der Waals surface area contributed by atoms with Gasteiger partial charge in [-0.25, -0.2) is 0 Å². The molecule has 0 radical (unpaired) electrons. The minimum Gasteiger partial charge on any atom is -0.313 e. The van der Waals surface area contributed by atoms with E-state index in [2.05, 4.69) is 28.9 Å². The van der Waals surface area contributed by atoms with Gasteiger partial charge in [0, 0.05) is 24.4 Å². The third kappa shape index (κ3) is 3.36. The highest BCUT2D eigenvalue weighted by Crippen LogP contribution is 2.24. The Kier molecular flexibility index (Phi) is 4.79. The summed E-state index contributed by atoms with van der Waals surface area (Å²) in [6.45, 7) is 5.97. The largest absolute Gasteiger partial charge is 0.313 e. The van der Waals surface area contributed by atoms with Gasteiger partial charge in [0.2, 0.25) is 0 Å². The van der Waals surface area contributed by atoms with E-state index in [0.29, 0.717) is 0 Å². The predicted octanol–water partition coefficient (Wildman–Crippen LogP) is 1.96. The van der Waals surface area contributed by atoms with Gasteiger partial charge in [-0.05, 0) is 44.5 Å². The van der Waals surface area contributed by atoms with Crippen molar-refractivity contribution in [2.24, 2.45) is 0 Å². The van der Waals surface area contributed by atoms with E-state index in [0.717, 1.165) is 18.6 Å². The van der Waals surface area contributed by atoms with Gasteiger partial charge in [0.1, 0.15) is 0 Å². The molecule has 0 spiro atoms. The van der Waals surface area contributed by atoms with Gasteiger partial charge in [-0.3, -0.25) is 4.90 Å². The molecule has 2 nitrogen and oxygen atoms in total. The Morgan fingerprint density at radius 1 is 1.33 bits per heavy atom. The van der Waals surface area contributed by atoms with Crippen LogP contribution in [0.2, 0.25) is 0 Å². The Morgan fingerprint density at radius 2 is 2.27 bits per heavy atom. The molecule has 1 N–H and O–H groups in total. The Bertz CT molecular complexity index is 178. The first-order valence-electron chi connectivity index (χ1n) is 6.45. The minimum absolute atomic E-state index is 0.760. The first-order chi connectivity index (χ1) is 7.40. The maximum atomic E-state index is 3.61. The highest BCUT2D eigenvalue weighted by molar-refractivity contribution is 7.99. The summed E-state index contributed by atoms with van der Waals surface area (Å²) in [7, 11) is 0. The molecule has 0 saturated carbocycles. The van der Waals surface area contributed by atoms with Crippen molar-refractivity contribution in [3.63, 3.8) is 0 Å². The molecule has 88 valence electrons. The molecule has 0 aliphatic carbocycles. The standard InChI is InChI=1S/C12H24N2S/c1-2-13-11-5-3-7-14(9-11)12-6-4-8-15-10-12/h11-13H,2-10H2,1H3. The third-order valence-corrected chi connectivity index (χ3v) is 4.80. The predicted molar refractivity (Wildman–Crippen MR) is 68.6 cm³/mol. The molecule has 2 aliphatic heterocycles. The summed E-state index contributed by atoms with van der Waals surface area (Å²) in [6.07, 6.45) is 5.63. The highest BCUT2D eigenvalue weighted by Gasteiger charge is 2.26. The zero-order valence-electron chi connectivity index (χ0n) is 9.87. The van der Waals surface area contributed by atoms with Crippen LogP contribution in [-0.4, -0.2) is 48.1 Å². The van der Waals surface area contributed by atoms with Crippen LogP contribution in [0, 0.1) is 0 Å². The van der Waals surface area contributed by atoms with Crippen LogP contribution in [0.3, 0.4) is 0 Å². The van der Waals surface area contributed by atoms with E-state index < -0.39 is 0 Å². The van der Waals surface area contributed by atoms with Crippen LogP contribution in [0.4, 0.5) is 0 Å². The van der Waals surface area contributed by atoms with Crippen LogP contribution in [0.1, 0.15) is 32.6 Å². The fraction of sp³-hybridized carbons (Fsp3) is 1.00. The molecule has 15 heavy (non-hydrogen) atoms. The van der Waals surface area contributed by atoms with Crippen LogP contribution in [0.5, 0.6) is 0 Å². The van der Waals surface area contributed by atoms with E-state index in [1.807, 2.05) is 0 Å². The number of hydrogen-bond acceptors (Lipinski definition) is 3.